The quantitative estimate of drug-likeness (QED) is 0.637. The lowest BCUT2D eigenvalue weighted by atomic mass is 9.94. The first-order chi connectivity index (χ1) is 5.92. The van der Waals surface area contributed by atoms with Crippen molar-refractivity contribution in [1.29, 1.82) is 0 Å². The van der Waals surface area contributed by atoms with Crippen molar-refractivity contribution in [3.8, 4) is 0 Å². The molecule has 0 bridgehead atoms. The second-order valence-electron chi connectivity index (χ2n) is 4.24. The Hall–Kier alpha value is -0.0800. The summed E-state index contributed by atoms with van der Waals surface area (Å²) >= 11 is 0. The Morgan fingerprint density at radius 3 is 2.75 bits per heavy atom. The largest absolute Gasteiger partial charge is 0.330 e. The molecular weight excluding hydrogens is 148 g/mol. The molecule has 2 heteroatoms. The van der Waals surface area contributed by atoms with Crippen LogP contribution >= 0.6 is 0 Å². The summed E-state index contributed by atoms with van der Waals surface area (Å²) in [5.74, 6) is 0.801. The van der Waals surface area contributed by atoms with Gasteiger partial charge in [0.1, 0.15) is 0 Å². The minimum absolute atomic E-state index is 0.801. The van der Waals surface area contributed by atoms with Crippen molar-refractivity contribution in [2.75, 3.05) is 19.6 Å². The molecule has 2 atom stereocenters. The smallest absolute Gasteiger partial charge is 0.0136 e. The maximum atomic E-state index is 5.80. The van der Waals surface area contributed by atoms with E-state index in [4.69, 9.17) is 5.73 Å². The molecule has 2 fully saturated rings. The predicted octanol–water partition coefficient (Wildman–Crippen LogP) is 1.21. The van der Waals surface area contributed by atoms with Crippen LogP contribution < -0.4 is 5.73 Å². The van der Waals surface area contributed by atoms with E-state index in [0.29, 0.717) is 0 Å². The van der Waals surface area contributed by atoms with Gasteiger partial charge in [0.15, 0.2) is 0 Å². The van der Waals surface area contributed by atoms with Gasteiger partial charge in [-0.25, -0.2) is 0 Å². The molecule has 0 spiro atoms. The Morgan fingerprint density at radius 2 is 1.92 bits per heavy atom. The number of hydrogen-bond donors (Lipinski definition) is 1. The molecule has 2 N–H and O–H groups in total. The third-order valence-corrected chi connectivity index (χ3v) is 3.53. The molecule has 0 aromatic carbocycles. The van der Waals surface area contributed by atoms with E-state index in [1.165, 1.54) is 45.2 Å². The van der Waals surface area contributed by atoms with Gasteiger partial charge < -0.3 is 10.6 Å². The van der Waals surface area contributed by atoms with Crippen molar-refractivity contribution in [2.24, 2.45) is 11.7 Å². The van der Waals surface area contributed by atoms with Crippen LogP contribution in [0.1, 0.15) is 32.1 Å². The number of rotatable bonds is 1. The van der Waals surface area contributed by atoms with Crippen molar-refractivity contribution < 1.29 is 0 Å². The zero-order valence-corrected chi connectivity index (χ0v) is 7.84. The Balaban J connectivity index is 2.02. The van der Waals surface area contributed by atoms with Crippen molar-refractivity contribution in [2.45, 2.75) is 38.1 Å². The maximum absolute atomic E-state index is 5.80. The first-order valence-electron chi connectivity index (χ1n) is 5.36. The molecule has 12 heavy (non-hydrogen) atoms. The van der Waals surface area contributed by atoms with Crippen LogP contribution in [0.15, 0.2) is 0 Å². The number of nitrogens with two attached hydrogens (primary N) is 1. The van der Waals surface area contributed by atoms with E-state index in [9.17, 15) is 0 Å². The SMILES string of the molecule is NCC1CCCCN2CCC[C@H]12. The molecular formula is C10H20N2. The van der Waals surface area contributed by atoms with Gasteiger partial charge in [0, 0.05) is 6.04 Å². The third-order valence-electron chi connectivity index (χ3n) is 3.53. The summed E-state index contributed by atoms with van der Waals surface area (Å²) < 4.78 is 0. The minimum atomic E-state index is 0.801. The molecule has 2 aliphatic rings. The van der Waals surface area contributed by atoms with Gasteiger partial charge >= 0.3 is 0 Å². The Morgan fingerprint density at radius 1 is 1.08 bits per heavy atom. The number of hydrogen-bond acceptors (Lipinski definition) is 2. The van der Waals surface area contributed by atoms with Crippen LogP contribution in [-0.2, 0) is 0 Å². The summed E-state index contributed by atoms with van der Waals surface area (Å²) in [7, 11) is 0. The van der Waals surface area contributed by atoms with Crippen LogP contribution in [0.25, 0.3) is 0 Å². The highest BCUT2D eigenvalue weighted by molar-refractivity contribution is 4.87. The molecule has 0 radical (unpaired) electrons. The third kappa shape index (κ3) is 1.50. The van der Waals surface area contributed by atoms with Crippen molar-refractivity contribution in [3.05, 3.63) is 0 Å². The van der Waals surface area contributed by atoms with E-state index in [1.807, 2.05) is 0 Å². The zero-order valence-electron chi connectivity index (χ0n) is 7.84. The topological polar surface area (TPSA) is 29.3 Å². The van der Waals surface area contributed by atoms with E-state index in [1.54, 1.807) is 0 Å². The average Bonchev–Trinajstić information content (AvgIpc) is 2.46. The molecule has 0 amide bonds. The fourth-order valence-corrected chi connectivity index (χ4v) is 2.85. The van der Waals surface area contributed by atoms with Crippen LogP contribution in [-0.4, -0.2) is 30.6 Å². The lowest BCUT2D eigenvalue weighted by Crippen LogP contribution is -2.37. The van der Waals surface area contributed by atoms with Crippen molar-refractivity contribution in [3.63, 3.8) is 0 Å². The lowest BCUT2D eigenvalue weighted by Gasteiger charge is -2.27. The number of nitrogens with zero attached hydrogens (tertiary/aromatic N) is 1. The average molecular weight is 168 g/mol. The van der Waals surface area contributed by atoms with Crippen LogP contribution in [0.4, 0.5) is 0 Å². The van der Waals surface area contributed by atoms with E-state index in [-0.39, 0.29) is 0 Å². The molecule has 70 valence electrons. The van der Waals surface area contributed by atoms with Crippen LogP contribution in [0.3, 0.4) is 0 Å². The van der Waals surface area contributed by atoms with E-state index in [0.717, 1.165) is 18.5 Å². The molecule has 0 aromatic heterocycles. The van der Waals surface area contributed by atoms with E-state index < -0.39 is 0 Å². The monoisotopic (exact) mass is 168 g/mol. The summed E-state index contributed by atoms with van der Waals surface area (Å²) in [6.45, 7) is 3.57. The van der Waals surface area contributed by atoms with E-state index >= 15 is 0 Å². The van der Waals surface area contributed by atoms with Gasteiger partial charge in [-0.15, -0.1) is 0 Å². The first-order valence-corrected chi connectivity index (χ1v) is 5.36. The molecule has 2 aliphatic heterocycles. The maximum Gasteiger partial charge on any atom is 0.0136 e. The highest BCUT2D eigenvalue weighted by Crippen LogP contribution is 2.29. The molecule has 2 nitrogen and oxygen atoms in total. The highest BCUT2D eigenvalue weighted by Gasteiger charge is 2.31. The molecule has 2 rings (SSSR count). The summed E-state index contributed by atoms with van der Waals surface area (Å²) in [5.41, 5.74) is 5.80. The zero-order chi connectivity index (χ0) is 8.39. The lowest BCUT2D eigenvalue weighted by molar-refractivity contribution is 0.210. The molecule has 1 unspecified atom stereocenters. The highest BCUT2D eigenvalue weighted by atomic mass is 15.2. The molecule has 2 heterocycles. The van der Waals surface area contributed by atoms with Gasteiger partial charge in [0.25, 0.3) is 0 Å². The second kappa shape index (κ2) is 3.75. The van der Waals surface area contributed by atoms with E-state index in [2.05, 4.69) is 4.90 Å². The summed E-state index contributed by atoms with van der Waals surface area (Å²) in [6.07, 6.45) is 6.97. The van der Waals surface area contributed by atoms with Crippen LogP contribution in [0.2, 0.25) is 0 Å². The summed E-state index contributed by atoms with van der Waals surface area (Å²) in [4.78, 5) is 2.67. The molecule has 0 aliphatic carbocycles. The minimum Gasteiger partial charge on any atom is -0.330 e. The summed E-state index contributed by atoms with van der Waals surface area (Å²) in [6, 6.07) is 0.845. The van der Waals surface area contributed by atoms with Crippen LogP contribution in [0, 0.1) is 5.92 Å². The standard InChI is InChI=1S/C10H20N2/c11-8-9-4-1-2-6-12-7-3-5-10(9)12/h9-10H,1-8,11H2/t9?,10-/m1/s1. The second-order valence-corrected chi connectivity index (χ2v) is 4.24. The van der Waals surface area contributed by atoms with Crippen molar-refractivity contribution >= 4 is 0 Å². The van der Waals surface area contributed by atoms with Gasteiger partial charge in [-0.1, -0.05) is 6.42 Å². The van der Waals surface area contributed by atoms with Gasteiger partial charge in [0.05, 0.1) is 0 Å². The number of fused-ring (bicyclic) bond motifs is 1. The predicted molar refractivity (Wildman–Crippen MR) is 51.0 cm³/mol. The van der Waals surface area contributed by atoms with Gasteiger partial charge in [0.2, 0.25) is 0 Å². The molecule has 0 saturated carbocycles. The Labute approximate surface area is 75.1 Å². The fourth-order valence-electron chi connectivity index (χ4n) is 2.85. The van der Waals surface area contributed by atoms with Gasteiger partial charge in [-0.2, -0.15) is 0 Å². The van der Waals surface area contributed by atoms with Crippen LogP contribution in [0.5, 0.6) is 0 Å². The van der Waals surface area contributed by atoms with Gasteiger partial charge in [-0.05, 0) is 51.2 Å². The first kappa shape index (κ1) is 8.52. The fraction of sp³-hybridized carbons (Fsp3) is 1.00. The Bertz CT molecular complexity index is 147. The summed E-state index contributed by atoms with van der Waals surface area (Å²) in [5, 5.41) is 0. The van der Waals surface area contributed by atoms with Crippen molar-refractivity contribution in [1.82, 2.24) is 4.90 Å². The Kier molecular flexibility index (Phi) is 2.66. The normalized spacial score (nSPS) is 37.8. The molecule has 2 saturated heterocycles. The molecule has 0 aromatic rings. The van der Waals surface area contributed by atoms with Gasteiger partial charge in [-0.3, -0.25) is 0 Å².